The molecule has 4 nitrogen and oxygen atoms in total. The Hall–Kier alpha value is -2.12. The summed E-state index contributed by atoms with van der Waals surface area (Å²) >= 11 is 0. The molecular weight excluding hydrogens is 264 g/mol. The van der Waals surface area contributed by atoms with Crippen molar-refractivity contribution in [3.05, 3.63) is 41.5 Å². The second kappa shape index (κ2) is 5.71. The summed E-state index contributed by atoms with van der Waals surface area (Å²) in [5.41, 5.74) is 1.44. The van der Waals surface area contributed by atoms with Crippen LogP contribution in [-0.2, 0) is 4.79 Å². The van der Waals surface area contributed by atoms with Crippen LogP contribution < -0.4 is 0 Å². The van der Waals surface area contributed by atoms with Crippen molar-refractivity contribution >= 4 is 12.0 Å². The molecule has 1 aromatic carbocycles. The predicted octanol–water partition coefficient (Wildman–Crippen LogP) is 1.80. The van der Waals surface area contributed by atoms with Crippen molar-refractivity contribution in [1.82, 2.24) is 4.90 Å². The molecule has 1 saturated heterocycles. The Morgan fingerprint density at radius 2 is 2.24 bits per heavy atom. The standard InChI is InChI=1S/C17H18N2O2/c18-9-13-3-1-2-12(8-13)4-7-17(21)19-10-14-5-6-16(20)15(14)11-19/h1-4,7-8,14-16,20H,5-6,10-11H2/b7-4+. The molecule has 3 rings (SSSR count). The van der Waals surface area contributed by atoms with Gasteiger partial charge in [-0.05, 0) is 42.5 Å². The highest BCUT2D eigenvalue weighted by molar-refractivity contribution is 5.92. The van der Waals surface area contributed by atoms with Gasteiger partial charge < -0.3 is 10.0 Å². The lowest BCUT2D eigenvalue weighted by molar-refractivity contribution is -0.125. The number of nitrogens with zero attached hydrogens (tertiary/aromatic N) is 2. The second-order valence-corrected chi connectivity index (χ2v) is 5.88. The average molecular weight is 282 g/mol. The molecule has 108 valence electrons. The summed E-state index contributed by atoms with van der Waals surface area (Å²) in [7, 11) is 0. The van der Waals surface area contributed by atoms with E-state index in [1.54, 1.807) is 30.4 Å². The van der Waals surface area contributed by atoms with E-state index in [-0.39, 0.29) is 17.9 Å². The largest absolute Gasteiger partial charge is 0.393 e. The number of amides is 1. The summed E-state index contributed by atoms with van der Waals surface area (Å²) < 4.78 is 0. The third kappa shape index (κ3) is 2.84. The van der Waals surface area contributed by atoms with Gasteiger partial charge in [0.15, 0.2) is 0 Å². The molecule has 0 spiro atoms. The predicted molar refractivity (Wildman–Crippen MR) is 79.0 cm³/mol. The molecule has 1 aromatic rings. The lowest BCUT2D eigenvalue weighted by atomic mass is 10.00. The first-order chi connectivity index (χ1) is 10.2. The fourth-order valence-electron chi connectivity index (χ4n) is 3.40. The summed E-state index contributed by atoms with van der Waals surface area (Å²) in [5.74, 6) is 0.697. The van der Waals surface area contributed by atoms with Gasteiger partial charge in [0.1, 0.15) is 0 Å². The fourth-order valence-corrected chi connectivity index (χ4v) is 3.40. The van der Waals surface area contributed by atoms with E-state index < -0.39 is 0 Å². The highest BCUT2D eigenvalue weighted by Gasteiger charge is 2.42. The van der Waals surface area contributed by atoms with Crippen molar-refractivity contribution in [3.63, 3.8) is 0 Å². The van der Waals surface area contributed by atoms with Crippen LogP contribution in [0.1, 0.15) is 24.0 Å². The average Bonchev–Trinajstić information content (AvgIpc) is 3.07. The topological polar surface area (TPSA) is 64.3 Å². The fraction of sp³-hybridized carbons (Fsp3) is 0.412. The van der Waals surface area contributed by atoms with Gasteiger partial charge in [-0.2, -0.15) is 5.26 Å². The number of aliphatic hydroxyl groups is 1. The van der Waals surface area contributed by atoms with Gasteiger partial charge in [-0.25, -0.2) is 0 Å². The third-order valence-corrected chi connectivity index (χ3v) is 4.56. The molecule has 0 radical (unpaired) electrons. The number of nitriles is 1. The van der Waals surface area contributed by atoms with E-state index in [0.29, 0.717) is 18.0 Å². The molecule has 1 saturated carbocycles. The minimum atomic E-state index is -0.246. The third-order valence-electron chi connectivity index (χ3n) is 4.56. The van der Waals surface area contributed by atoms with Gasteiger partial charge in [-0.3, -0.25) is 4.79 Å². The highest BCUT2D eigenvalue weighted by atomic mass is 16.3. The molecule has 4 heteroatoms. The van der Waals surface area contributed by atoms with E-state index in [0.717, 1.165) is 24.9 Å². The number of aliphatic hydroxyl groups excluding tert-OH is 1. The van der Waals surface area contributed by atoms with E-state index in [4.69, 9.17) is 5.26 Å². The van der Waals surface area contributed by atoms with Crippen molar-refractivity contribution < 1.29 is 9.90 Å². The molecule has 1 aliphatic heterocycles. The zero-order valence-electron chi connectivity index (χ0n) is 11.8. The van der Waals surface area contributed by atoms with Crippen LogP contribution >= 0.6 is 0 Å². The quantitative estimate of drug-likeness (QED) is 0.841. The maximum atomic E-state index is 12.2. The van der Waals surface area contributed by atoms with Gasteiger partial charge >= 0.3 is 0 Å². The zero-order chi connectivity index (χ0) is 14.8. The number of fused-ring (bicyclic) bond motifs is 1. The minimum Gasteiger partial charge on any atom is -0.393 e. The first-order valence-corrected chi connectivity index (χ1v) is 7.32. The van der Waals surface area contributed by atoms with E-state index in [9.17, 15) is 9.90 Å². The molecule has 1 aliphatic carbocycles. The number of benzene rings is 1. The molecule has 2 aliphatic rings. The van der Waals surface area contributed by atoms with Crippen LogP contribution in [0, 0.1) is 23.2 Å². The molecule has 0 aromatic heterocycles. The van der Waals surface area contributed by atoms with Crippen LogP contribution in [0.3, 0.4) is 0 Å². The Bertz CT molecular complexity index is 617. The Kier molecular flexibility index (Phi) is 3.76. The summed E-state index contributed by atoms with van der Waals surface area (Å²) in [6.07, 6.45) is 4.94. The smallest absolute Gasteiger partial charge is 0.246 e. The number of likely N-dealkylation sites (tertiary alicyclic amines) is 1. The molecule has 21 heavy (non-hydrogen) atoms. The molecule has 1 amide bonds. The van der Waals surface area contributed by atoms with Gasteiger partial charge in [-0.1, -0.05) is 12.1 Å². The van der Waals surface area contributed by atoms with Gasteiger partial charge in [0.25, 0.3) is 0 Å². The van der Waals surface area contributed by atoms with Crippen LogP contribution in [0.4, 0.5) is 0 Å². The van der Waals surface area contributed by atoms with E-state index in [1.807, 2.05) is 11.0 Å². The zero-order valence-corrected chi connectivity index (χ0v) is 11.8. The summed E-state index contributed by atoms with van der Waals surface area (Å²) in [6, 6.07) is 9.25. The normalized spacial score (nSPS) is 27.8. The number of carbonyl (C=O) groups is 1. The Morgan fingerprint density at radius 1 is 1.38 bits per heavy atom. The summed E-state index contributed by atoms with van der Waals surface area (Å²) in [5, 5.41) is 18.7. The number of carbonyl (C=O) groups excluding carboxylic acids is 1. The molecule has 2 fully saturated rings. The molecule has 3 unspecified atom stereocenters. The lowest BCUT2D eigenvalue weighted by Gasteiger charge is -2.16. The van der Waals surface area contributed by atoms with Crippen molar-refractivity contribution in [2.45, 2.75) is 18.9 Å². The van der Waals surface area contributed by atoms with E-state index >= 15 is 0 Å². The van der Waals surface area contributed by atoms with Gasteiger partial charge in [0.05, 0.1) is 17.7 Å². The van der Waals surface area contributed by atoms with Crippen LogP contribution in [0.25, 0.3) is 6.08 Å². The number of rotatable bonds is 2. The van der Waals surface area contributed by atoms with Crippen LogP contribution in [-0.4, -0.2) is 35.1 Å². The molecular formula is C17H18N2O2. The first kappa shape index (κ1) is 13.8. The second-order valence-electron chi connectivity index (χ2n) is 5.88. The van der Waals surface area contributed by atoms with Crippen molar-refractivity contribution in [3.8, 4) is 6.07 Å². The van der Waals surface area contributed by atoms with Gasteiger partial charge in [-0.15, -0.1) is 0 Å². The van der Waals surface area contributed by atoms with Crippen molar-refractivity contribution in [2.24, 2.45) is 11.8 Å². The monoisotopic (exact) mass is 282 g/mol. The Morgan fingerprint density at radius 3 is 3.00 bits per heavy atom. The van der Waals surface area contributed by atoms with Crippen LogP contribution in [0.2, 0.25) is 0 Å². The number of hydrogen-bond donors (Lipinski definition) is 1. The van der Waals surface area contributed by atoms with E-state index in [2.05, 4.69) is 6.07 Å². The van der Waals surface area contributed by atoms with Crippen LogP contribution in [0.5, 0.6) is 0 Å². The SMILES string of the molecule is N#Cc1cccc(/C=C/C(=O)N2CC3CCC(O)C3C2)c1. The first-order valence-electron chi connectivity index (χ1n) is 7.32. The molecule has 1 heterocycles. The molecule has 3 atom stereocenters. The van der Waals surface area contributed by atoms with E-state index in [1.165, 1.54) is 0 Å². The van der Waals surface area contributed by atoms with Gasteiger partial charge in [0.2, 0.25) is 5.91 Å². The maximum absolute atomic E-state index is 12.2. The number of hydrogen-bond acceptors (Lipinski definition) is 3. The molecule has 1 N–H and O–H groups in total. The Balaban J connectivity index is 1.64. The lowest BCUT2D eigenvalue weighted by Crippen LogP contribution is -2.29. The highest BCUT2D eigenvalue weighted by Crippen LogP contribution is 2.38. The van der Waals surface area contributed by atoms with Gasteiger partial charge in [0, 0.05) is 25.1 Å². The van der Waals surface area contributed by atoms with Crippen molar-refractivity contribution in [1.29, 1.82) is 5.26 Å². The Labute approximate surface area is 124 Å². The maximum Gasteiger partial charge on any atom is 0.246 e. The summed E-state index contributed by atoms with van der Waals surface area (Å²) in [4.78, 5) is 14.0. The summed E-state index contributed by atoms with van der Waals surface area (Å²) in [6.45, 7) is 1.41. The van der Waals surface area contributed by atoms with Crippen LogP contribution in [0.15, 0.2) is 30.3 Å². The minimum absolute atomic E-state index is 0.0149. The van der Waals surface area contributed by atoms with Crippen molar-refractivity contribution in [2.75, 3.05) is 13.1 Å². The molecule has 0 bridgehead atoms.